The van der Waals surface area contributed by atoms with Gasteiger partial charge in [0.15, 0.2) is 0 Å². The number of ether oxygens (including phenoxy) is 1. The van der Waals surface area contributed by atoms with Crippen LogP contribution in [0.4, 0.5) is 10.1 Å². The molecule has 6 heteroatoms. The summed E-state index contributed by atoms with van der Waals surface area (Å²) in [6.45, 7) is 3.75. The van der Waals surface area contributed by atoms with Gasteiger partial charge >= 0.3 is 0 Å². The first kappa shape index (κ1) is 19.9. The summed E-state index contributed by atoms with van der Waals surface area (Å²) in [6.07, 6.45) is 0. The fourth-order valence-corrected chi connectivity index (χ4v) is 4.66. The maximum absolute atomic E-state index is 13.5. The van der Waals surface area contributed by atoms with Gasteiger partial charge in [0, 0.05) is 0 Å². The minimum absolute atomic E-state index is 0.0317. The molecule has 0 saturated heterocycles. The van der Waals surface area contributed by atoms with Gasteiger partial charge in [0.05, 0.1) is 23.7 Å². The Morgan fingerprint density at radius 2 is 1.61 bits per heavy atom. The average Bonchev–Trinajstić information content (AvgIpc) is 2.70. The molecule has 146 valence electrons. The van der Waals surface area contributed by atoms with E-state index in [0.717, 1.165) is 23.3 Å². The van der Waals surface area contributed by atoms with E-state index in [9.17, 15) is 12.8 Å². The van der Waals surface area contributed by atoms with Crippen LogP contribution in [0.5, 0.6) is 5.75 Å². The van der Waals surface area contributed by atoms with Gasteiger partial charge in [0.1, 0.15) is 11.6 Å². The number of benzene rings is 3. The molecule has 0 N–H and O–H groups in total. The fraction of sp³-hybridized carbons (Fsp3) is 0.182. The van der Waals surface area contributed by atoms with Crippen LogP contribution in [0.15, 0.2) is 77.7 Å². The first-order valence-electron chi connectivity index (χ1n) is 8.83. The van der Waals surface area contributed by atoms with Crippen molar-refractivity contribution < 1.29 is 17.5 Å². The van der Waals surface area contributed by atoms with E-state index in [-0.39, 0.29) is 4.90 Å². The van der Waals surface area contributed by atoms with E-state index < -0.39 is 21.9 Å². The molecule has 0 amide bonds. The van der Waals surface area contributed by atoms with Gasteiger partial charge in [0.25, 0.3) is 10.0 Å². The molecular formula is C22H22FNO3S. The van der Waals surface area contributed by atoms with E-state index in [1.807, 2.05) is 44.2 Å². The molecule has 0 saturated carbocycles. The standard InChI is InChI=1S/C22H22FNO3S/c1-16-7-11-20(12-8-16)24(17(2)18-5-4-6-21(15-18)27-3)28(25,26)22-13-9-19(23)10-14-22/h4-15,17H,1-3H3/t17-/m1/s1. The van der Waals surface area contributed by atoms with Gasteiger partial charge in [-0.1, -0.05) is 29.8 Å². The van der Waals surface area contributed by atoms with Crippen molar-refractivity contribution >= 4 is 15.7 Å². The molecule has 1 atom stereocenters. The van der Waals surface area contributed by atoms with Crippen LogP contribution in [-0.2, 0) is 10.0 Å². The maximum Gasteiger partial charge on any atom is 0.264 e. The number of hydrogen-bond acceptors (Lipinski definition) is 3. The Hall–Kier alpha value is -2.86. The molecular weight excluding hydrogens is 377 g/mol. The van der Waals surface area contributed by atoms with Crippen LogP contribution >= 0.6 is 0 Å². The number of aryl methyl sites for hydroxylation is 1. The molecule has 0 heterocycles. The number of hydrogen-bond donors (Lipinski definition) is 0. The minimum atomic E-state index is -3.92. The molecule has 0 aliphatic rings. The summed E-state index contributed by atoms with van der Waals surface area (Å²) in [4.78, 5) is 0.0317. The topological polar surface area (TPSA) is 46.6 Å². The van der Waals surface area contributed by atoms with Crippen molar-refractivity contribution in [3.05, 3.63) is 89.7 Å². The van der Waals surface area contributed by atoms with Gasteiger partial charge in [-0.2, -0.15) is 0 Å². The van der Waals surface area contributed by atoms with Crippen LogP contribution in [-0.4, -0.2) is 15.5 Å². The Morgan fingerprint density at radius 3 is 2.21 bits per heavy atom. The Labute approximate surface area is 165 Å². The number of sulfonamides is 1. The zero-order valence-corrected chi connectivity index (χ0v) is 16.8. The summed E-state index contributed by atoms with van der Waals surface area (Å²) in [6, 6.07) is 18.9. The Balaban J connectivity index is 2.14. The number of halogens is 1. The van der Waals surface area contributed by atoms with Gasteiger partial charge in [-0.05, 0) is 67.9 Å². The minimum Gasteiger partial charge on any atom is -0.497 e. The largest absolute Gasteiger partial charge is 0.497 e. The Morgan fingerprint density at radius 1 is 0.964 bits per heavy atom. The van der Waals surface area contributed by atoms with Crippen LogP contribution in [0, 0.1) is 12.7 Å². The highest BCUT2D eigenvalue weighted by atomic mass is 32.2. The summed E-state index contributed by atoms with van der Waals surface area (Å²) in [5, 5.41) is 0. The molecule has 4 nitrogen and oxygen atoms in total. The van der Waals surface area contributed by atoms with Gasteiger partial charge in [-0.15, -0.1) is 0 Å². The molecule has 0 fully saturated rings. The molecule has 3 rings (SSSR count). The first-order chi connectivity index (χ1) is 13.3. The summed E-state index contributed by atoms with van der Waals surface area (Å²) >= 11 is 0. The highest BCUT2D eigenvalue weighted by molar-refractivity contribution is 7.92. The third kappa shape index (κ3) is 4.02. The second-order valence-electron chi connectivity index (χ2n) is 6.54. The molecule has 0 aliphatic heterocycles. The fourth-order valence-electron chi connectivity index (χ4n) is 3.02. The summed E-state index contributed by atoms with van der Waals surface area (Å²) in [5.41, 5.74) is 2.34. The molecule has 0 unspecified atom stereocenters. The molecule has 0 spiro atoms. The monoisotopic (exact) mass is 399 g/mol. The van der Waals surface area contributed by atoms with Gasteiger partial charge in [0.2, 0.25) is 0 Å². The van der Waals surface area contributed by atoms with E-state index in [1.165, 1.54) is 16.4 Å². The van der Waals surface area contributed by atoms with Crippen molar-refractivity contribution in [1.29, 1.82) is 0 Å². The van der Waals surface area contributed by atoms with E-state index in [0.29, 0.717) is 11.4 Å². The van der Waals surface area contributed by atoms with Crippen LogP contribution < -0.4 is 9.04 Å². The van der Waals surface area contributed by atoms with Crippen molar-refractivity contribution in [2.24, 2.45) is 0 Å². The predicted octanol–water partition coefficient (Wildman–Crippen LogP) is 5.10. The van der Waals surface area contributed by atoms with Crippen molar-refractivity contribution in [2.45, 2.75) is 24.8 Å². The lowest BCUT2D eigenvalue weighted by molar-refractivity contribution is 0.414. The molecule has 0 aromatic heterocycles. The molecule has 0 aliphatic carbocycles. The van der Waals surface area contributed by atoms with Crippen molar-refractivity contribution in [3.63, 3.8) is 0 Å². The molecule has 0 bridgehead atoms. The quantitative estimate of drug-likeness (QED) is 0.579. The number of rotatable bonds is 6. The maximum atomic E-state index is 13.5. The highest BCUT2D eigenvalue weighted by Crippen LogP contribution is 2.34. The summed E-state index contributed by atoms with van der Waals surface area (Å²) < 4.78 is 46.9. The van der Waals surface area contributed by atoms with Crippen molar-refractivity contribution in [2.75, 3.05) is 11.4 Å². The second-order valence-corrected chi connectivity index (χ2v) is 8.36. The summed E-state index contributed by atoms with van der Waals surface area (Å²) in [7, 11) is -2.36. The van der Waals surface area contributed by atoms with Gasteiger partial charge in [-0.25, -0.2) is 12.8 Å². The lowest BCUT2D eigenvalue weighted by Gasteiger charge is -2.31. The van der Waals surface area contributed by atoms with Crippen LogP contribution in [0.2, 0.25) is 0 Å². The third-order valence-electron chi connectivity index (χ3n) is 4.59. The average molecular weight is 399 g/mol. The van der Waals surface area contributed by atoms with Crippen molar-refractivity contribution in [1.82, 2.24) is 0 Å². The van der Waals surface area contributed by atoms with Gasteiger partial charge in [-0.3, -0.25) is 4.31 Å². The highest BCUT2D eigenvalue weighted by Gasteiger charge is 2.30. The number of methoxy groups -OCH3 is 1. The van der Waals surface area contributed by atoms with E-state index in [1.54, 1.807) is 25.3 Å². The Kier molecular flexibility index (Phi) is 5.70. The van der Waals surface area contributed by atoms with E-state index in [2.05, 4.69) is 0 Å². The smallest absolute Gasteiger partial charge is 0.264 e. The Bertz CT molecular complexity index is 1050. The third-order valence-corrected chi connectivity index (χ3v) is 6.50. The summed E-state index contributed by atoms with van der Waals surface area (Å²) in [5.74, 6) is 0.161. The predicted molar refractivity (Wildman–Crippen MR) is 109 cm³/mol. The lowest BCUT2D eigenvalue weighted by Crippen LogP contribution is -2.33. The first-order valence-corrected chi connectivity index (χ1v) is 10.3. The van der Waals surface area contributed by atoms with Crippen LogP contribution in [0.25, 0.3) is 0 Å². The molecule has 3 aromatic carbocycles. The second kappa shape index (κ2) is 8.02. The molecule has 0 radical (unpaired) electrons. The van der Waals surface area contributed by atoms with Crippen molar-refractivity contribution in [3.8, 4) is 5.75 Å². The molecule has 28 heavy (non-hydrogen) atoms. The lowest BCUT2D eigenvalue weighted by atomic mass is 10.1. The van der Waals surface area contributed by atoms with E-state index in [4.69, 9.17) is 4.74 Å². The SMILES string of the molecule is COc1cccc([C@@H](C)N(c2ccc(C)cc2)S(=O)(=O)c2ccc(F)cc2)c1. The number of nitrogens with zero attached hydrogens (tertiary/aromatic N) is 1. The van der Waals surface area contributed by atoms with Crippen LogP contribution in [0.3, 0.4) is 0 Å². The number of anilines is 1. The van der Waals surface area contributed by atoms with Crippen LogP contribution in [0.1, 0.15) is 24.1 Å². The zero-order chi connectivity index (χ0) is 20.3. The molecule has 3 aromatic rings. The van der Waals surface area contributed by atoms with Gasteiger partial charge < -0.3 is 4.74 Å². The normalized spacial score (nSPS) is 12.4. The van der Waals surface area contributed by atoms with E-state index >= 15 is 0 Å². The zero-order valence-electron chi connectivity index (χ0n) is 16.0.